The summed E-state index contributed by atoms with van der Waals surface area (Å²) >= 11 is 1.50. The molecule has 11 N–H and O–H groups in total. The summed E-state index contributed by atoms with van der Waals surface area (Å²) in [6, 6.07) is -4.03. The van der Waals surface area contributed by atoms with Gasteiger partial charge in [0.1, 0.15) is 18.1 Å². The van der Waals surface area contributed by atoms with Crippen molar-refractivity contribution >= 4 is 41.4 Å². The van der Waals surface area contributed by atoms with Crippen LogP contribution in [0.4, 0.5) is 0 Å². The number of hydrogen-bond donors (Lipinski definition) is 8. The summed E-state index contributed by atoms with van der Waals surface area (Å²) in [5, 5.41) is 17.4. The molecule has 4 atom stereocenters. The fourth-order valence-electron chi connectivity index (χ4n) is 3.52. The van der Waals surface area contributed by atoms with Crippen LogP contribution in [0, 0.1) is 5.92 Å². The van der Waals surface area contributed by atoms with E-state index in [0.717, 1.165) is 0 Å². The van der Waals surface area contributed by atoms with Crippen LogP contribution in [-0.4, -0.2) is 87.4 Å². The van der Waals surface area contributed by atoms with E-state index in [1.807, 2.05) is 20.1 Å². The van der Waals surface area contributed by atoms with Gasteiger partial charge in [-0.1, -0.05) is 13.8 Å². The normalized spacial score (nSPS) is 14.1. The molecule has 1 aromatic heterocycles. The number of imidazole rings is 1. The highest BCUT2D eigenvalue weighted by Gasteiger charge is 2.30. The zero-order valence-corrected chi connectivity index (χ0v) is 22.9. The maximum Gasteiger partial charge on any atom is 0.326 e. The Morgan fingerprint density at radius 3 is 2.24 bits per heavy atom. The smallest absolute Gasteiger partial charge is 0.326 e. The quantitative estimate of drug-likeness (QED) is 0.0602. The van der Waals surface area contributed by atoms with Crippen molar-refractivity contribution in [1.29, 1.82) is 0 Å². The van der Waals surface area contributed by atoms with Crippen LogP contribution >= 0.6 is 11.8 Å². The maximum atomic E-state index is 13.2. The Balaban J connectivity index is 2.89. The van der Waals surface area contributed by atoms with Crippen molar-refractivity contribution in [1.82, 2.24) is 25.9 Å². The summed E-state index contributed by atoms with van der Waals surface area (Å²) in [5.74, 6) is -2.43. The molecule has 0 aliphatic carbocycles. The first-order valence-corrected chi connectivity index (χ1v) is 13.7. The topological polar surface area (TPSA) is 244 Å². The Morgan fingerprint density at radius 1 is 1.05 bits per heavy atom. The minimum Gasteiger partial charge on any atom is -0.480 e. The van der Waals surface area contributed by atoms with Crippen LogP contribution in [0.3, 0.4) is 0 Å². The summed E-state index contributed by atoms with van der Waals surface area (Å²) in [4.78, 5) is 61.2. The zero-order chi connectivity index (χ0) is 28.7. The van der Waals surface area contributed by atoms with Crippen molar-refractivity contribution in [3.8, 4) is 0 Å². The molecule has 0 aromatic carbocycles. The predicted molar refractivity (Wildman–Crippen MR) is 146 cm³/mol. The molecular formula is C23H41N9O5S. The minimum atomic E-state index is -1.21. The van der Waals surface area contributed by atoms with E-state index in [1.54, 1.807) is 6.20 Å². The van der Waals surface area contributed by atoms with Gasteiger partial charge in [-0.2, -0.15) is 11.8 Å². The highest BCUT2D eigenvalue weighted by molar-refractivity contribution is 7.98. The van der Waals surface area contributed by atoms with Gasteiger partial charge >= 0.3 is 5.97 Å². The number of nitrogens with two attached hydrogens (primary N) is 3. The molecule has 0 aliphatic heterocycles. The largest absolute Gasteiger partial charge is 0.480 e. The Morgan fingerprint density at radius 2 is 1.68 bits per heavy atom. The van der Waals surface area contributed by atoms with Gasteiger partial charge in [-0.05, 0) is 43.6 Å². The predicted octanol–water partition coefficient (Wildman–Crippen LogP) is -1.33. The maximum absolute atomic E-state index is 13.2. The van der Waals surface area contributed by atoms with Crippen LogP contribution < -0.4 is 33.2 Å². The van der Waals surface area contributed by atoms with Crippen LogP contribution in [0.1, 0.15) is 45.2 Å². The van der Waals surface area contributed by atoms with E-state index in [2.05, 4.69) is 30.9 Å². The lowest BCUT2D eigenvalue weighted by atomic mass is 10.0. The van der Waals surface area contributed by atoms with Gasteiger partial charge in [-0.15, -0.1) is 0 Å². The number of carbonyl (C=O) groups excluding carboxylic acids is 3. The molecule has 214 valence electrons. The average molecular weight is 556 g/mol. The number of aliphatic carboxylic acids is 1. The molecular weight excluding hydrogens is 514 g/mol. The number of carboxylic acids is 1. The van der Waals surface area contributed by atoms with E-state index in [1.165, 1.54) is 18.1 Å². The molecule has 1 heterocycles. The number of hydrogen-bond acceptors (Lipinski definition) is 8. The number of carbonyl (C=O) groups is 4. The van der Waals surface area contributed by atoms with E-state index in [0.29, 0.717) is 24.3 Å². The molecule has 1 rings (SSSR count). The number of H-pyrrole nitrogens is 1. The van der Waals surface area contributed by atoms with Crippen LogP contribution in [0.15, 0.2) is 17.5 Å². The second-order valence-electron chi connectivity index (χ2n) is 9.27. The van der Waals surface area contributed by atoms with Gasteiger partial charge in [0, 0.05) is 24.9 Å². The molecule has 15 heteroatoms. The molecule has 0 radical (unpaired) electrons. The standard InChI is InChI=1S/C23H41N9O5S/c1-13(2)9-18(21(35)31-17(22(36)37)5-4-7-28-23(25)26)32-20(34)16(6-8-38-3)30-19(33)15(24)10-14-11-27-12-29-14/h11-13,15-18H,4-10,24H2,1-3H3,(H,27,29)(H,30,33)(H,31,35)(H,32,34)(H,36,37)(H4,25,26,28). The van der Waals surface area contributed by atoms with E-state index < -0.39 is 47.9 Å². The van der Waals surface area contributed by atoms with E-state index in [-0.39, 0.29) is 37.7 Å². The van der Waals surface area contributed by atoms with Gasteiger partial charge < -0.3 is 43.2 Å². The van der Waals surface area contributed by atoms with Gasteiger partial charge in [0.25, 0.3) is 0 Å². The fraction of sp³-hybridized carbons (Fsp3) is 0.652. The van der Waals surface area contributed by atoms with Crippen molar-refractivity contribution < 1.29 is 24.3 Å². The van der Waals surface area contributed by atoms with Crippen molar-refractivity contribution in [2.75, 3.05) is 18.6 Å². The van der Waals surface area contributed by atoms with Crippen molar-refractivity contribution in [3.63, 3.8) is 0 Å². The van der Waals surface area contributed by atoms with Crippen molar-refractivity contribution in [2.24, 2.45) is 28.1 Å². The molecule has 1 aromatic rings. The summed E-state index contributed by atoms with van der Waals surface area (Å²) in [5.41, 5.74) is 17.2. The second kappa shape index (κ2) is 17.2. The number of thioether (sulfide) groups is 1. The molecule has 3 amide bonds. The summed E-state index contributed by atoms with van der Waals surface area (Å²) < 4.78 is 0. The Bertz CT molecular complexity index is 922. The number of carboxylic acid groups (broad SMARTS) is 1. The number of aliphatic imine (C=N–C) groups is 1. The van der Waals surface area contributed by atoms with E-state index >= 15 is 0 Å². The van der Waals surface area contributed by atoms with Crippen LogP contribution in [-0.2, 0) is 25.6 Å². The lowest BCUT2D eigenvalue weighted by Gasteiger charge is -2.26. The molecule has 0 saturated heterocycles. The number of amides is 3. The summed E-state index contributed by atoms with van der Waals surface area (Å²) in [6.07, 6.45) is 6.13. The first-order chi connectivity index (χ1) is 17.9. The third kappa shape index (κ3) is 12.8. The number of rotatable bonds is 18. The van der Waals surface area contributed by atoms with Gasteiger partial charge in [0.2, 0.25) is 17.7 Å². The number of aromatic nitrogens is 2. The Hall–Kier alpha value is -3.33. The van der Waals surface area contributed by atoms with Crippen molar-refractivity contribution in [3.05, 3.63) is 18.2 Å². The fourth-order valence-corrected chi connectivity index (χ4v) is 3.99. The van der Waals surface area contributed by atoms with Crippen molar-refractivity contribution in [2.45, 2.75) is 70.1 Å². The van der Waals surface area contributed by atoms with E-state index in [9.17, 15) is 24.3 Å². The monoisotopic (exact) mass is 555 g/mol. The number of nitrogens with zero attached hydrogens (tertiary/aromatic N) is 2. The molecule has 0 saturated carbocycles. The molecule has 4 unspecified atom stereocenters. The SMILES string of the molecule is CSCCC(NC(=O)C(N)Cc1cnc[nH]1)C(=O)NC(CC(C)C)C(=O)NC(CCCN=C(N)N)C(=O)O. The van der Waals surface area contributed by atoms with Gasteiger partial charge in [0.05, 0.1) is 12.4 Å². The first kappa shape index (κ1) is 32.7. The Kier molecular flexibility index (Phi) is 14.8. The summed E-state index contributed by atoms with van der Waals surface area (Å²) in [6.45, 7) is 3.96. The number of aromatic amines is 1. The third-order valence-corrected chi connectivity index (χ3v) is 6.12. The molecule has 0 fully saturated rings. The van der Waals surface area contributed by atoms with Crippen LogP contribution in [0.25, 0.3) is 0 Å². The highest BCUT2D eigenvalue weighted by Crippen LogP contribution is 2.09. The average Bonchev–Trinajstić information content (AvgIpc) is 3.35. The van der Waals surface area contributed by atoms with Crippen LogP contribution in [0.5, 0.6) is 0 Å². The van der Waals surface area contributed by atoms with Crippen LogP contribution in [0.2, 0.25) is 0 Å². The highest BCUT2D eigenvalue weighted by atomic mass is 32.2. The molecule has 14 nitrogen and oxygen atoms in total. The van der Waals surface area contributed by atoms with Gasteiger partial charge in [-0.3, -0.25) is 19.4 Å². The third-order valence-electron chi connectivity index (χ3n) is 5.48. The van der Waals surface area contributed by atoms with Gasteiger partial charge in [0.15, 0.2) is 5.96 Å². The second-order valence-corrected chi connectivity index (χ2v) is 10.3. The number of nitrogens with one attached hydrogen (secondary N) is 4. The first-order valence-electron chi connectivity index (χ1n) is 12.4. The zero-order valence-electron chi connectivity index (χ0n) is 22.1. The lowest BCUT2D eigenvalue weighted by Crippen LogP contribution is -2.57. The number of guanidine groups is 1. The molecule has 0 spiro atoms. The Labute approximate surface area is 226 Å². The van der Waals surface area contributed by atoms with E-state index in [4.69, 9.17) is 17.2 Å². The molecule has 0 bridgehead atoms. The van der Waals surface area contributed by atoms with Gasteiger partial charge in [-0.25, -0.2) is 9.78 Å². The molecule has 0 aliphatic rings. The summed E-state index contributed by atoms with van der Waals surface area (Å²) in [7, 11) is 0. The minimum absolute atomic E-state index is 0.0123. The lowest BCUT2D eigenvalue weighted by molar-refractivity contribution is -0.142. The molecule has 38 heavy (non-hydrogen) atoms.